The second-order valence-corrected chi connectivity index (χ2v) is 7.78. The van der Waals surface area contributed by atoms with Crippen LogP contribution in [0.15, 0.2) is 24.3 Å². The van der Waals surface area contributed by atoms with E-state index in [4.69, 9.17) is 0 Å². The third kappa shape index (κ3) is 5.08. The molecule has 2 aliphatic heterocycles. The van der Waals surface area contributed by atoms with Gasteiger partial charge >= 0.3 is 0 Å². The molecule has 6 nitrogen and oxygen atoms in total. The molecule has 3 N–H and O–H groups in total. The maximum Gasteiger partial charge on any atom is 0.251 e. The molecule has 2 heterocycles. The van der Waals surface area contributed by atoms with Crippen molar-refractivity contribution in [2.45, 2.75) is 50.1 Å². The maximum absolute atomic E-state index is 12.5. The molecule has 3 rings (SSSR count). The van der Waals surface area contributed by atoms with Gasteiger partial charge in [-0.2, -0.15) is 0 Å². The number of amides is 2. The van der Waals surface area contributed by atoms with Crippen LogP contribution in [-0.4, -0.2) is 62.5 Å². The molecule has 0 aliphatic carbocycles. The molecule has 6 heteroatoms. The lowest BCUT2D eigenvalue weighted by Crippen LogP contribution is -2.42. The molecule has 0 saturated carbocycles. The van der Waals surface area contributed by atoms with Crippen molar-refractivity contribution in [1.29, 1.82) is 0 Å². The van der Waals surface area contributed by atoms with Crippen molar-refractivity contribution in [2.75, 3.05) is 33.7 Å². The number of hydrogen-bond donors (Lipinski definition) is 3. The van der Waals surface area contributed by atoms with Crippen molar-refractivity contribution in [1.82, 2.24) is 20.9 Å². The van der Waals surface area contributed by atoms with Gasteiger partial charge in [0.2, 0.25) is 5.91 Å². The Morgan fingerprint density at radius 2 is 1.74 bits per heavy atom. The zero-order valence-corrected chi connectivity index (χ0v) is 16.5. The van der Waals surface area contributed by atoms with Crippen molar-refractivity contribution in [3.8, 4) is 0 Å². The predicted molar refractivity (Wildman–Crippen MR) is 107 cm³/mol. The highest BCUT2D eigenvalue weighted by Gasteiger charge is 2.31. The minimum Gasteiger partial charge on any atom is -0.359 e. The van der Waals surface area contributed by atoms with E-state index >= 15 is 0 Å². The normalized spacial score (nSPS) is 23.9. The van der Waals surface area contributed by atoms with E-state index in [1.807, 2.05) is 19.2 Å². The van der Waals surface area contributed by atoms with E-state index in [1.165, 1.54) is 5.56 Å². The van der Waals surface area contributed by atoms with Crippen molar-refractivity contribution < 1.29 is 9.59 Å². The largest absolute Gasteiger partial charge is 0.359 e. The molecule has 0 bridgehead atoms. The summed E-state index contributed by atoms with van der Waals surface area (Å²) in [5.41, 5.74) is 2.05. The summed E-state index contributed by atoms with van der Waals surface area (Å²) in [6.45, 7) is 2.76. The van der Waals surface area contributed by atoms with Crippen LogP contribution in [0.1, 0.15) is 53.9 Å². The lowest BCUT2D eigenvalue weighted by atomic mass is 9.90. The van der Waals surface area contributed by atoms with Crippen LogP contribution in [-0.2, 0) is 4.79 Å². The van der Waals surface area contributed by atoms with Crippen LogP contribution in [0.2, 0.25) is 0 Å². The maximum atomic E-state index is 12.5. The number of benzene rings is 1. The summed E-state index contributed by atoms with van der Waals surface area (Å²) in [5.74, 6) is 0.660. The molecule has 148 valence electrons. The van der Waals surface area contributed by atoms with Gasteiger partial charge in [0.25, 0.3) is 5.91 Å². The molecule has 1 aromatic rings. The smallest absolute Gasteiger partial charge is 0.251 e. The molecule has 0 radical (unpaired) electrons. The van der Waals surface area contributed by atoms with Gasteiger partial charge in [-0.1, -0.05) is 12.1 Å². The Labute approximate surface area is 162 Å². The third-order valence-corrected chi connectivity index (χ3v) is 6.17. The van der Waals surface area contributed by atoms with Crippen molar-refractivity contribution in [3.63, 3.8) is 0 Å². The van der Waals surface area contributed by atoms with Gasteiger partial charge in [-0.05, 0) is 69.4 Å². The van der Waals surface area contributed by atoms with Crippen molar-refractivity contribution in [2.24, 2.45) is 0 Å². The highest BCUT2D eigenvalue weighted by molar-refractivity contribution is 5.94. The van der Waals surface area contributed by atoms with Crippen LogP contribution in [0.5, 0.6) is 0 Å². The van der Waals surface area contributed by atoms with Crippen LogP contribution in [0.25, 0.3) is 0 Å². The Morgan fingerprint density at radius 1 is 1.07 bits per heavy atom. The second-order valence-electron chi connectivity index (χ2n) is 7.78. The SMILES string of the molecule is CNC(=O)C[C@H]1CC[C@@H](CNC(=O)c2ccc(C3CCNCC3)cc2)N1C. The fraction of sp³-hybridized carbons (Fsp3) is 0.619. The topological polar surface area (TPSA) is 73.5 Å². The lowest BCUT2D eigenvalue weighted by Gasteiger charge is -2.25. The number of carbonyl (C=O) groups is 2. The van der Waals surface area contributed by atoms with E-state index in [0.29, 0.717) is 18.9 Å². The Bertz CT molecular complexity index is 640. The van der Waals surface area contributed by atoms with Crippen molar-refractivity contribution >= 4 is 11.8 Å². The monoisotopic (exact) mass is 372 g/mol. The van der Waals surface area contributed by atoms with E-state index in [1.54, 1.807) is 7.05 Å². The first-order valence-electron chi connectivity index (χ1n) is 10.1. The summed E-state index contributed by atoms with van der Waals surface area (Å²) in [4.78, 5) is 26.3. The number of piperidine rings is 1. The fourth-order valence-electron chi connectivity index (χ4n) is 4.27. The fourth-order valence-corrected chi connectivity index (χ4v) is 4.27. The summed E-state index contributed by atoms with van der Waals surface area (Å²) in [6, 6.07) is 8.64. The molecule has 2 aliphatic rings. The van der Waals surface area contributed by atoms with E-state index in [0.717, 1.165) is 44.3 Å². The zero-order valence-electron chi connectivity index (χ0n) is 16.5. The average Bonchev–Trinajstić information content (AvgIpc) is 3.06. The molecule has 0 aromatic heterocycles. The molecule has 2 saturated heterocycles. The first-order chi connectivity index (χ1) is 13.1. The summed E-state index contributed by atoms with van der Waals surface area (Å²) in [7, 11) is 3.72. The average molecular weight is 373 g/mol. The van der Waals surface area contributed by atoms with E-state index in [9.17, 15) is 9.59 Å². The Balaban J connectivity index is 1.48. The molecule has 0 unspecified atom stereocenters. The van der Waals surface area contributed by atoms with Gasteiger partial charge in [-0.15, -0.1) is 0 Å². The number of hydrogen-bond acceptors (Lipinski definition) is 4. The highest BCUT2D eigenvalue weighted by atomic mass is 16.2. The van der Waals surface area contributed by atoms with Crippen LogP contribution in [0.3, 0.4) is 0 Å². The molecule has 27 heavy (non-hydrogen) atoms. The summed E-state index contributed by atoms with van der Waals surface area (Å²) in [5, 5.41) is 9.14. The number of rotatable bonds is 6. The van der Waals surface area contributed by atoms with Gasteiger partial charge in [0.1, 0.15) is 0 Å². The minimum absolute atomic E-state index is 0.0185. The Morgan fingerprint density at radius 3 is 2.41 bits per heavy atom. The molecule has 0 spiro atoms. The number of nitrogens with one attached hydrogen (secondary N) is 3. The molecule has 2 amide bonds. The quantitative estimate of drug-likeness (QED) is 0.707. The first-order valence-corrected chi connectivity index (χ1v) is 10.1. The standard InChI is InChI=1S/C21H32N4O2/c1-22-20(26)13-18-7-8-19(25(18)2)14-24-21(27)17-5-3-15(4-6-17)16-9-11-23-12-10-16/h3-6,16,18-19,23H,7-14H2,1-2H3,(H,22,26)(H,24,27)/t18-,19+/m1/s1. The second kappa shape index (κ2) is 9.33. The van der Waals surface area contributed by atoms with E-state index < -0.39 is 0 Å². The first kappa shape index (κ1) is 19.8. The molecule has 1 aromatic carbocycles. The number of likely N-dealkylation sites (N-methyl/N-ethyl adjacent to an activating group) is 1. The van der Waals surface area contributed by atoms with Crippen LogP contribution in [0, 0.1) is 0 Å². The van der Waals surface area contributed by atoms with Crippen LogP contribution in [0.4, 0.5) is 0 Å². The van der Waals surface area contributed by atoms with Gasteiger partial charge in [0.15, 0.2) is 0 Å². The van der Waals surface area contributed by atoms with E-state index in [-0.39, 0.29) is 23.9 Å². The van der Waals surface area contributed by atoms with Gasteiger partial charge in [-0.25, -0.2) is 0 Å². The Hall–Kier alpha value is -1.92. The highest BCUT2D eigenvalue weighted by Crippen LogP contribution is 2.26. The lowest BCUT2D eigenvalue weighted by molar-refractivity contribution is -0.121. The van der Waals surface area contributed by atoms with Crippen LogP contribution < -0.4 is 16.0 Å². The number of nitrogens with zero attached hydrogens (tertiary/aromatic N) is 1. The number of likely N-dealkylation sites (tertiary alicyclic amines) is 1. The van der Waals surface area contributed by atoms with Gasteiger partial charge in [0.05, 0.1) is 0 Å². The Kier molecular flexibility index (Phi) is 6.85. The van der Waals surface area contributed by atoms with Crippen LogP contribution >= 0.6 is 0 Å². The summed E-state index contributed by atoms with van der Waals surface area (Å²) in [6.07, 6.45) is 4.85. The molecular weight excluding hydrogens is 340 g/mol. The zero-order chi connectivity index (χ0) is 19.2. The minimum atomic E-state index is -0.0185. The van der Waals surface area contributed by atoms with Gasteiger partial charge in [-0.3, -0.25) is 14.5 Å². The molecule has 2 atom stereocenters. The third-order valence-electron chi connectivity index (χ3n) is 6.17. The summed E-state index contributed by atoms with van der Waals surface area (Å²) < 4.78 is 0. The summed E-state index contributed by atoms with van der Waals surface area (Å²) >= 11 is 0. The van der Waals surface area contributed by atoms with Gasteiger partial charge in [0, 0.05) is 37.7 Å². The van der Waals surface area contributed by atoms with Crippen molar-refractivity contribution in [3.05, 3.63) is 35.4 Å². The number of carbonyl (C=O) groups excluding carboxylic acids is 2. The van der Waals surface area contributed by atoms with Gasteiger partial charge < -0.3 is 16.0 Å². The molecular formula is C21H32N4O2. The molecule has 2 fully saturated rings. The predicted octanol–water partition coefficient (Wildman–Crippen LogP) is 1.48. The van der Waals surface area contributed by atoms with E-state index in [2.05, 4.69) is 33.0 Å².